The second kappa shape index (κ2) is 3.19. The van der Waals surface area contributed by atoms with Gasteiger partial charge in [-0.3, -0.25) is 0 Å². The van der Waals surface area contributed by atoms with Crippen molar-refractivity contribution >= 4 is 25.0 Å². The summed E-state index contributed by atoms with van der Waals surface area (Å²) in [6.07, 6.45) is 0. The van der Waals surface area contributed by atoms with Gasteiger partial charge in [0, 0.05) is 5.69 Å². The van der Waals surface area contributed by atoms with Crippen molar-refractivity contribution in [3.05, 3.63) is 23.3 Å². The van der Waals surface area contributed by atoms with E-state index in [1.807, 2.05) is 0 Å². The minimum Gasteiger partial charge on any atom is -0.478 e. The normalized spacial score (nSPS) is 9.15. The van der Waals surface area contributed by atoms with E-state index < -0.39 is 5.97 Å². The second-order valence-electron chi connectivity index (χ2n) is 2.44. The molecule has 0 bridgehead atoms. The third-order valence-corrected chi connectivity index (χ3v) is 1.57. The minimum atomic E-state index is -1.19. The van der Waals surface area contributed by atoms with Crippen molar-refractivity contribution in [1.29, 1.82) is 5.26 Å². The first kappa shape index (κ1) is 9.14. The third kappa shape index (κ3) is 1.62. The zero-order valence-corrected chi connectivity index (χ0v) is 6.61. The van der Waals surface area contributed by atoms with E-state index in [1.165, 1.54) is 12.1 Å². The molecule has 13 heavy (non-hydrogen) atoms. The largest absolute Gasteiger partial charge is 0.478 e. The van der Waals surface area contributed by atoms with Crippen molar-refractivity contribution in [2.45, 2.75) is 0 Å². The molecule has 2 radical (unpaired) electrons. The van der Waals surface area contributed by atoms with E-state index in [0.717, 1.165) is 0 Å². The van der Waals surface area contributed by atoms with E-state index in [0.29, 0.717) is 0 Å². The number of benzene rings is 1. The molecule has 0 unspecified atom stereocenters. The molecule has 1 rings (SSSR count). The number of hydrogen-bond acceptors (Lipinski definition) is 3. The van der Waals surface area contributed by atoms with Crippen LogP contribution in [0, 0.1) is 11.3 Å². The smallest absolute Gasteiger partial charge is 0.337 e. The zero-order chi connectivity index (χ0) is 10.0. The van der Waals surface area contributed by atoms with Gasteiger partial charge in [-0.1, -0.05) is 5.46 Å². The van der Waals surface area contributed by atoms with Crippen LogP contribution in [0.25, 0.3) is 0 Å². The van der Waals surface area contributed by atoms with Gasteiger partial charge in [0.2, 0.25) is 0 Å². The van der Waals surface area contributed by atoms with E-state index in [9.17, 15) is 4.79 Å². The van der Waals surface area contributed by atoms with Gasteiger partial charge in [-0.05, 0) is 12.1 Å². The van der Waals surface area contributed by atoms with Crippen molar-refractivity contribution in [3.63, 3.8) is 0 Å². The van der Waals surface area contributed by atoms with E-state index in [1.54, 1.807) is 6.07 Å². The number of hydrogen-bond donors (Lipinski definition) is 2. The van der Waals surface area contributed by atoms with Crippen molar-refractivity contribution in [2.75, 3.05) is 5.73 Å². The van der Waals surface area contributed by atoms with Crippen LogP contribution in [0.15, 0.2) is 12.1 Å². The lowest BCUT2D eigenvalue weighted by atomic mass is 9.90. The molecular formula is C8H5BN2O2. The first-order chi connectivity index (χ1) is 6.06. The lowest BCUT2D eigenvalue weighted by Crippen LogP contribution is -2.16. The number of anilines is 1. The van der Waals surface area contributed by atoms with Gasteiger partial charge in [0.25, 0.3) is 0 Å². The average molecular weight is 172 g/mol. The fraction of sp³-hybridized carbons (Fsp3) is 0. The Morgan fingerprint density at radius 2 is 2.23 bits per heavy atom. The average Bonchev–Trinajstić information content (AvgIpc) is 2.09. The Labute approximate surface area is 76.0 Å². The fourth-order valence-corrected chi connectivity index (χ4v) is 0.917. The summed E-state index contributed by atoms with van der Waals surface area (Å²) >= 11 is 0. The summed E-state index contributed by atoms with van der Waals surface area (Å²) in [6, 6.07) is 4.31. The van der Waals surface area contributed by atoms with Crippen molar-refractivity contribution in [1.82, 2.24) is 0 Å². The second-order valence-corrected chi connectivity index (χ2v) is 2.44. The summed E-state index contributed by atoms with van der Waals surface area (Å²) in [4.78, 5) is 10.6. The molecule has 5 heteroatoms. The van der Waals surface area contributed by atoms with Crippen LogP contribution in [0.4, 0.5) is 5.69 Å². The number of carboxylic acid groups (broad SMARTS) is 1. The van der Waals surface area contributed by atoms with Crippen LogP contribution in [-0.2, 0) is 0 Å². The van der Waals surface area contributed by atoms with Crippen LogP contribution in [0.1, 0.15) is 15.9 Å². The maximum atomic E-state index is 10.6. The minimum absolute atomic E-state index is 0.00787. The molecule has 0 fully saturated rings. The lowest BCUT2D eigenvalue weighted by Gasteiger charge is -2.04. The molecule has 3 N–H and O–H groups in total. The summed E-state index contributed by atoms with van der Waals surface area (Å²) in [5, 5.41) is 17.2. The Bertz CT molecular complexity index is 409. The molecule has 0 aliphatic rings. The monoisotopic (exact) mass is 172 g/mol. The molecule has 0 aliphatic carbocycles. The van der Waals surface area contributed by atoms with Gasteiger partial charge in [0.15, 0.2) is 0 Å². The van der Waals surface area contributed by atoms with Crippen molar-refractivity contribution in [2.24, 2.45) is 0 Å². The Balaban J connectivity index is 3.44. The number of aromatic carboxylic acids is 1. The molecule has 0 aromatic heterocycles. The number of nitrogen functional groups attached to an aromatic ring is 1. The molecule has 0 atom stereocenters. The maximum absolute atomic E-state index is 10.6. The predicted molar refractivity (Wildman–Crippen MR) is 47.9 cm³/mol. The lowest BCUT2D eigenvalue weighted by molar-refractivity contribution is 0.0698. The van der Waals surface area contributed by atoms with Crippen molar-refractivity contribution in [3.8, 4) is 6.07 Å². The summed E-state index contributed by atoms with van der Waals surface area (Å²) in [5.74, 6) is -1.19. The van der Waals surface area contributed by atoms with Crippen LogP contribution >= 0.6 is 0 Å². The number of carbonyl (C=O) groups is 1. The summed E-state index contributed by atoms with van der Waals surface area (Å²) in [6.45, 7) is 0. The molecule has 0 heterocycles. The summed E-state index contributed by atoms with van der Waals surface area (Å²) < 4.78 is 0. The van der Waals surface area contributed by atoms with E-state index >= 15 is 0 Å². The van der Waals surface area contributed by atoms with Gasteiger partial charge in [-0.25, -0.2) is 4.79 Å². The Morgan fingerprint density at radius 1 is 1.62 bits per heavy atom. The Morgan fingerprint density at radius 3 is 2.69 bits per heavy atom. The van der Waals surface area contributed by atoms with Gasteiger partial charge < -0.3 is 10.8 Å². The first-order valence-corrected chi connectivity index (χ1v) is 3.38. The topological polar surface area (TPSA) is 87.1 Å². The summed E-state index contributed by atoms with van der Waals surface area (Å²) in [7, 11) is 5.40. The highest BCUT2D eigenvalue weighted by molar-refractivity contribution is 6.36. The number of rotatable bonds is 1. The Kier molecular flexibility index (Phi) is 2.24. The molecule has 0 aliphatic heterocycles. The van der Waals surface area contributed by atoms with E-state index in [4.69, 9.17) is 23.9 Å². The van der Waals surface area contributed by atoms with Crippen LogP contribution in [-0.4, -0.2) is 18.9 Å². The van der Waals surface area contributed by atoms with Gasteiger partial charge in [-0.15, -0.1) is 0 Å². The highest BCUT2D eigenvalue weighted by Gasteiger charge is 2.10. The van der Waals surface area contributed by atoms with Crippen LogP contribution in [0.2, 0.25) is 0 Å². The number of carboxylic acids is 1. The SMILES string of the molecule is [B]c1cc(C#N)cc(C(=O)O)c1N. The number of nitrogens with two attached hydrogens (primary N) is 1. The van der Waals surface area contributed by atoms with Crippen LogP contribution < -0.4 is 11.2 Å². The zero-order valence-electron chi connectivity index (χ0n) is 6.61. The highest BCUT2D eigenvalue weighted by atomic mass is 16.4. The van der Waals surface area contributed by atoms with E-state index in [-0.39, 0.29) is 22.3 Å². The van der Waals surface area contributed by atoms with Gasteiger partial charge in [0.05, 0.1) is 17.2 Å². The fourth-order valence-electron chi connectivity index (χ4n) is 0.917. The van der Waals surface area contributed by atoms with Gasteiger partial charge >= 0.3 is 5.97 Å². The summed E-state index contributed by atoms with van der Waals surface area (Å²) in [5.41, 5.74) is 5.53. The van der Waals surface area contributed by atoms with Gasteiger partial charge in [-0.2, -0.15) is 5.26 Å². The third-order valence-electron chi connectivity index (χ3n) is 1.57. The first-order valence-electron chi connectivity index (χ1n) is 3.38. The van der Waals surface area contributed by atoms with E-state index in [2.05, 4.69) is 0 Å². The molecule has 1 aromatic carbocycles. The quantitative estimate of drug-likeness (QED) is 0.446. The molecule has 4 nitrogen and oxygen atoms in total. The standard InChI is InChI=1S/C8H5BN2O2/c9-6-2-4(3-10)1-5(7(6)11)8(12)13/h1-2H,11H2,(H,12,13). The van der Waals surface area contributed by atoms with Crippen molar-refractivity contribution < 1.29 is 9.90 Å². The predicted octanol–water partition coefficient (Wildman–Crippen LogP) is -0.368. The molecule has 1 aromatic rings. The van der Waals surface area contributed by atoms with Gasteiger partial charge in [0.1, 0.15) is 7.85 Å². The van der Waals surface area contributed by atoms with Crippen LogP contribution in [0.5, 0.6) is 0 Å². The number of nitrogens with zero attached hydrogens (tertiary/aromatic N) is 1. The maximum Gasteiger partial charge on any atom is 0.337 e. The molecular weight excluding hydrogens is 167 g/mol. The molecule has 0 amide bonds. The molecule has 0 saturated carbocycles. The molecule has 62 valence electrons. The molecule has 0 spiro atoms. The highest BCUT2D eigenvalue weighted by Crippen LogP contribution is 2.10. The Hall–Kier alpha value is -1.96. The number of nitriles is 1. The molecule has 0 saturated heterocycles. The van der Waals surface area contributed by atoms with Crippen LogP contribution in [0.3, 0.4) is 0 Å².